The molecule has 0 aliphatic heterocycles. The van der Waals surface area contributed by atoms with Crippen molar-refractivity contribution in [3.63, 3.8) is 0 Å². The fraction of sp³-hybridized carbons (Fsp3) is 0.167. The third-order valence-corrected chi connectivity index (χ3v) is 1.71. The Morgan fingerprint density at radius 2 is 2.00 bits per heavy atom. The van der Waals surface area contributed by atoms with E-state index in [9.17, 15) is 4.79 Å². The molecule has 0 saturated carbocycles. The van der Waals surface area contributed by atoms with E-state index in [1.807, 2.05) is 18.2 Å². The maximum Gasteiger partial charge on any atom is 0.315 e. The van der Waals surface area contributed by atoms with Crippen molar-refractivity contribution >= 4 is 5.97 Å². The average Bonchev–Trinajstić information content (AvgIpc) is 2.20. The number of benzene rings is 1. The number of aliphatic carboxylic acids is 1. The van der Waals surface area contributed by atoms with Crippen LogP contribution in [0, 0.1) is 23.2 Å². The molecule has 0 aliphatic carbocycles. The molecule has 0 aliphatic rings. The second kappa shape index (κ2) is 5.47. The third kappa shape index (κ3) is 3.97. The standard InChI is InChI=1S/C12H9NO2/c13-9-8-11-6-4-10(5-7-11)2-1-3-12(14)15/h4-7H,3,8H2,(H,14,15). The van der Waals surface area contributed by atoms with Crippen molar-refractivity contribution < 1.29 is 9.90 Å². The Balaban J connectivity index is 2.67. The zero-order chi connectivity index (χ0) is 11.1. The van der Waals surface area contributed by atoms with Crippen molar-refractivity contribution in [3.05, 3.63) is 35.4 Å². The van der Waals surface area contributed by atoms with E-state index in [1.54, 1.807) is 12.1 Å². The van der Waals surface area contributed by atoms with Crippen LogP contribution in [0.25, 0.3) is 0 Å². The van der Waals surface area contributed by atoms with Gasteiger partial charge in [-0.15, -0.1) is 0 Å². The molecule has 0 bridgehead atoms. The smallest absolute Gasteiger partial charge is 0.315 e. The summed E-state index contributed by atoms with van der Waals surface area (Å²) in [4.78, 5) is 10.2. The van der Waals surface area contributed by atoms with Crippen LogP contribution in [0.3, 0.4) is 0 Å². The molecule has 15 heavy (non-hydrogen) atoms. The fourth-order valence-electron chi connectivity index (χ4n) is 1.02. The van der Waals surface area contributed by atoms with Gasteiger partial charge in [-0.25, -0.2) is 0 Å². The van der Waals surface area contributed by atoms with Crippen LogP contribution in [-0.4, -0.2) is 11.1 Å². The van der Waals surface area contributed by atoms with E-state index in [2.05, 4.69) is 11.8 Å². The highest BCUT2D eigenvalue weighted by atomic mass is 16.4. The number of carboxylic acids is 1. The first-order valence-corrected chi connectivity index (χ1v) is 4.39. The molecule has 0 atom stereocenters. The third-order valence-electron chi connectivity index (χ3n) is 1.71. The largest absolute Gasteiger partial charge is 0.481 e. The minimum atomic E-state index is -0.927. The highest BCUT2D eigenvalue weighted by Crippen LogP contribution is 2.03. The Hall–Kier alpha value is -2.26. The number of nitrogens with zero attached hydrogens (tertiary/aromatic N) is 1. The monoisotopic (exact) mass is 199 g/mol. The van der Waals surface area contributed by atoms with E-state index in [0.29, 0.717) is 6.42 Å². The van der Waals surface area contributed by atoms with Crippen LogP contribution in [0.4, 0.5) is 0 Å². The Labute approximate surface area is 88.0 Å². The number of carboxylic acid groups (broad SMARTS) is 1. The Morgan fingerprint density at radius 1 is 1.33 bits per heavy atom. The van der Waals surface area contributed by atoms with Crippen LogP contribution in [0.5, 0.6) is 0 Å². The van der Waals surface area contributed by atoms with Gasteiger partial charge in [0.25, 0.3) is 0 Å². The van der Waals surface area contributed by atoms with Gasteiger partial charge in [0.1, 0.15) is 6.42 Å². The lowest BCUT2D eigenvalue weighted by Crippen LogP contribution is -1.90. The van der Waals surface area contributed by atoms with Gasteiger partial charge in [-0.2, -0.15) is 5.26 Å². The summed E-state index contributed by atoms with van der Waals surface area (Å²) in [5.41, 5.74) is 1.69. The van der Waals surface area contributed by atoms with Crippen LogP contribution in [0.2, 0.25) is 0 Å². The predicted molar refractivity (Wildman–Crippen MR) is 54.9 cm³/mol. The summed E-state index contributed by atoms with van der Waals surface area (Å²) in [6, 6.07) is 9.23. The zero-order valence-corrected chi connectivity index (χ0v) is 8.03. The second-order valence-electron chi connectivity index (χ2n) is 2.90. The summed E-state index contributed by atoms with van der Waals surface area (Å²) in [6.07, 6.45) is 0.225. The molecule has 1 rings (SSSR count). The van der Waals surface area contributed by atoms with Gasteiger partial charge in [-0.1, -0.05) is 24.0 Å². The van der Waals surface area contributed by atoms with Crippen LogP contribution >= 0.6 is 0 Å². The van der Waals surface area contributed by atoms with Gasteiger partial charge in [-0.05, 0) is 17.7 Å². The van der Waals surface area contributed by atoms with Gasteiger partial charge in [0, 0.05) is 5.56 Å². The summed E-state index contributed by atoms with van der Waals surface area (Å²) in [5, 5.41) is 16.8. The molecule has 0 saturated heterocycles. The topological polar surface area (TPSA) is 61.1 Å². The quantitative estimate of drug-likeness (QED) is 0.735. The Bertz CT molecular complexity index is 443. The van der Waals surface area contributed by atoms with E-state index >= 15 is 0 Å². The normalized spacial score (nSPS) is 8.47. The summed E-state index contributed by atoms with van der Waals surface area (Å²) in [6.45, 7) is 0. The number of carbonyl (C=O) groups is 1. The average molecular weight is 199 g/mol. The summed E-state index contributed by atoms with van der Waals surface area (Å²) < 4.78 is 0. The van der Waals surface area contributed by atoms with Crippen molar-refractivity contribution in [1.29, 1.82) is 5.26 Å². The minimum absolute atomic E-state index is 0.153. The van der Waals surface area contributed by atoms with Crippen LogP contribution < -0.4 is 0 Å². The molecule has 3 nitrogen and oxygen atoms in total. The van der Waals surface area contributed by atoms with E-state index in [0.717, 1.165) is 11.1 Å². The second-order valence-corrected chi connectivity index (χ2v) is 2.90. The van der Waals surface area contributed by atoms with Gasteiger partial charge >= 0.3 is 5.97 Å². The van der Waals surface area contributed by atoms with Gasteiger partial charge in [-0.3, -0.25) is 4.79 Å². The number of hydrogen-bond donors (Lipinski definition) is 1. The summed E-state index contributed by atoms with van der Waals surface area (Å²) >= 11 is 0. The first-order chi connectivity index (χ1) is 7.22. The van der Waals surface area contributed by atoms with E-state index in [-0.39, 0.29) is 6.42 Å². The molecule has 1 aromatic rings. The molecule has 1 N–H and O–H groups in total. The van der Waals surface area contributed by atoms with Crippen molar-refractivity contribution in [2.75, 3.05) is 0 Å². The molecule has 0 heterocycles. The lowest BCUT2D eigenvalue weighted by Gasteiger charge is -1.93. The highest BCUT2D eigenvalue weighted by Gasteiger charge is 1.92. The molecule has 0 spiro atoms. The van der Waals surface area contributed by atoms with Gasteiger partial charge < -0.3 is 5.11 Å². The maximum absolute atomic E-state index is 10.2. The van der Waals surface area contributed by atoms with E-state index in [4.69, 9.17) is 10.4 Å². The molecule has 0 unspecified atom stereocenters. The molecule has 0 amide bonds. The molecule has 0 aromatic heterocycles. The number of rotatable bonds is 2. The Kier molecular flexibility index (Phi) is 3.94. The molecule has 0 radical (unpaired) electrons. The molecule has 74 valence electrons. The minimum Gasteiger partial charge on any atom is -0.481 e. The molecule has 0 fully saturated rings. The van der Waals surface area contributed by atoms with Gasteiger partial charge in [0.15, 0.2) is 0 Å². The van der Waals surface area contributed by atoms with Gasteiger partial charge in [0.2, 0.25) is 0 Å². The number of hydrogen-bond acceptors (Lipinski definition) is 2. The first-order valence-electron chi connectivity index (χ1n) is 4.39. The lowest BCUT2D eigenvalue weighted by atomic mass is 10.1. The molecular weight excluding hydrogens is 190 g/mol. The molecule has 1 aromatic carbocycles. The first kappa shape index (κ1) is 10.8. The van der Waals surface area contributed by atoms with Crippen molar-refractivity contribution in [2.24, 2.45) is 0 Å². The van der Waals surface area contributed by atoms with Crippen molar-refractivity contribution in [3.8, 4) is 17.9 Å². The molecular formula is C12H9NO2. The van der Waals surface area contributed by atoms with Gasteiger partial charge in [0.05, 0.1) is 12.5 Å². The summed E-state index contributed by atoms with van der Waals surface area (Å²) in [5.74, 6) is 4.34. The maximum atomic E-state index is 10.2. The SMILES string of the molecule is N#CCc1ccc(C#CCC(=O)O)cc1. The van der Waals surface area contributed by atoms with E-state index in [1.165, 1.54) is 0 Å². The highest BCUT2D eigenvalue weighted by molar-refractivity contribution is 5.70. The number of nitriles is 1. The predicted octanol–water partition coefficient (Wildman–Crippen LogP) is 1.58. The fourth-order valence-corrected chi connectivity index (χ4v) is 1.02. The zero-order valence-electron chi connectivity index (χ0n) is 8.03. The van der Waals surface area contributed by atoms with Crippen LogP contribution in [0.1, 0.15) is 17.5 Å². The van der Waals surface area contributed by atoms with E-state index < -0.39 is 5.97 Å². The Morgan fingerprint density at radius 3 is 2.53 bits per heavy atom. The van der Waals surface area contributed by atoms with Crippen LogP contribution in [-0.2, 0) is 11.2 Å². The van der Waals surface area contributed by atoms with Crippen molar-refractivity contribution in [2.45, 2.75) is 12.8 Å². The van der Waals surface area contributed by atoms with Crippen molar-refractivity contribution in [1.82, 2.24) is 0 Å². The van der Waals surface area contributed by atoms with Crippen LogP contribution in [0.15, 0.2) is 24.3 Å². The molecule has 3 heteroatoms. The summed E-state index contributed by atoms with van der Waals surface area (Å²) in [7, 11) is 0. The lowest BCUT2D eigenvalue weighted by molar-refractivity contribution is -0.135.